The average Bonchev–Trinajstić information content (AvgIpc) is 2.13. The van der Waals surface area contributed by atoms with Crippen molar-refractivity contribution in [2.75, 3.05) is 0 Å². The average molecular weight is 235 g/mol. The Morgan fingerprint density at radius 1 is 1.47 bits per heavy atom. The summed E-state index contributed by atoms with van der Waals surface area (Å²) in [6, 6.07) is 1.72. The zero-order chi connectivity index (χ0) is 12.6. The summed E-state index contributed by atoms with van der Waals surface area (Å²) in [6.45, 7) is 5.95. The summed E-state index contributed by atoms with van der Waals surface area (Å²) < 4.78 is 5.15. The highest BCUT2D eigenvalue weighted by Gasteiger charge is 2.30. The van der Waals surface area contributed by atoms with Crippen LogP contribution in [0.25, 0.3) is 0 Å². The molecule has 1 N–H and O–H groups in total. The first kappa shape index (κ1) is 11.9. The van der Waals surface area contributed by atoms with Crippen LogP contribution in [0.3, 0.4) is 0 Å². The van der Waals surface area contributed by atoms with Gasteiger partial charge in [0.25, 0.3) is 5.56 Å². The molecule has 4 heteroatoms. The van der Waals surface area contributed by atoms with Crippen LogP contribution in [0, 0.1) is 12.8 Å². The molecule has 1 aromatic rings. The maximum Gasteiger partial charge on any atom is 0.311 e. The minimum Gasteiger partial charge on any atom is -0.426 e. The fourth-order valence-electron chi connectivity index (χ4n) is 2.38. The van der Waals surface area contributed by atoms with Crippen LogP contribution in [0.5, 0.6) is 5.75 Å². The predicted molar refractivity (Wildman–Crippen MR) is 64.2 cm³/mol. The molecular formula is C13H17NO3. The van der Waals surface area contributed by atoms with Crippen LogP contribution in [0.2, 0.25) is 0 Å². The van der Waals surface area contributed by atoms with E-state index in [1.807, 2.05) is 0 Å². The summed E-state index contributed by atoms with van der Waals surface area (Å²) in [4.78, 5) is 26.2. The molecule has 0 amide bonds. The molecule has 17 heavy (non-hydrogen) atoms. The number of carbonyl (C=O) groups is 1. The summed E-state index contributed by atoms with van der Waals surface area (Å²) in [7, 11) is 0. The SMILES string of the molecule is Cc1cc2c(c(=O)[nH]1)C(CC(C)C)CC(=O)O2. The lowest BCUT2D eigenvalue weighted by Crippen LogP contribution is -2.28. The summed E-state index contributed by atoms with van der Waals surface area (Å²) in [5, 5.41) is 0. The Balaban J connectivity index is 2.48. The minimum absolute atomic E-state index is 0.0180. The Morgan fingerprint density at radius 3 is 2.82 bits per heavy atom. The Kier molecular flexibility index (Phi) is 3.05. The molecule has 0 saturated heterocycles. The number of pyridine rings is 1. The first-order valence-corrected chi connectivity index (χ1v) is 5.92. The van der Waals surface area contributed by atoms with E-state index in [0.717, 1.165) is 6.42 Å². The van der Waals surface area contributed by atoms with E-state index >= 15 is 0 Å². The van der Waals surface area contributed by atoms with Gasteiger partial charge in [-0.15, -0.1) is 0 Å². The predicted octanol–water partition coefficient (Wildman–Crippen LogP) is 2.12. The van der Waals surface area contributed by atoms with Crippen molar-refractivity contribution in [1.29, 1.82) is 0 Å². The molecule has 0 bridgehead atoms. The van der Waals surface area contributed by atoms with Crippen molar-refractivity contribution in [2.24, 2.45) is 5.92 Å². The number of ether oxygens (including phenoxy) is 1. The lowest BCUT2D eigenvalue weighted by molar-refractivity contribution is -0.136. The van der Waals surface area contributed by atoms with Gasteiger partial charge in [-0.25, -0.2) is 0 Å². The molecule has 0 saturated carbocycles. The molecular weight excluding hydrogens is 218 g/mol. The maximum atomic E-state index is 11.9. The van der Waals surface area contributed by atoms with Gasteiger partial charge in [0.2, 0.25) is 0 Å². The third-order valence-electron chi connectivity index (χ3n) is 2.97. The van der Waals surface area contributed by atoms with Crippen molar-refractivity contribution in [1.82, 2.24) is 4.98 Å². The molecule has 0 radical (unpaired) electrons. The van der Waals surface area contributed by atoms with Crippen molar-refractivity contribution < 1.29 is 9.53 Å². The number of aromatic amines is 1. The van der Waals surface area contributed by atoms with Gasteiger partial charge in [-0.05, 0) is 19.3 Å². The first-order chi connectivity index (χ1) is 7.97. The van der Waals surface area contributed by atoms with Gasteiger partial charge in [0, 0.05) is 17.7 Å². The Bertz CT molecular complexity index is 502. The second kappa shape index (κ2) is 4.35. The number of rotatable bonds is 2. The van der Waals surface area contributed by atoms with E-state index in [1.165, 1.54) is 0 Å². The molecule has 0 aliphatic carbocycles. The Morgan fingerprint density at radius 2 is 2.18 bits per heavy atom. The van der Waals surface area contributed by atoms with Crippen LogP contribution in [0.4, 0.5) is 0 Å². The van der Waals surface area contributed by atoms with Crippen molar-refractivity contribution in [2.45, 2.75) is 39.5 Å². The van der Waals surface area contributed by atoms with Crippen molar-refractivity contribution in [3.8, 4) is 5.75 Å². The molecule has 1 aromatic heterocycles. The van der Waals surface area contributed by atoms with Crippen LogP contribution in [-0.2, 0) is 4.79 Å². The second-order valence-electron chi connectivity index (χ2n) is 5.06. The number of H-pyrrole nitrogens is 1. The third-order valence-corrected chi connectivity index (χ3v) is 2.97. The standard InChI is InChI=1S/C13H17NO3/c1-7(2)4-9-6-11(15)17-10-5-8(3)14-13(16)12(9)10/h5,7,9H,4,6H2,1-3H3,(H,14,16). The number of esters is 1. The topological polar surface area (TPSA) is 59.2 Å². The van der Waals surface area contributed by atoms with Gasteiger partial charge in [0.15, 0.2) is 0 Å². The molecule has 1 unspecified atom stereocenters. The van der Waals surface area contributed by atoms with E-state index in [2.05, 4.69) is 18.8 Å². The molecule has 0 aromatic carbocycles. The summed E-state index contributed by atoms with van der Waals surface area (Å²) in [6.07, 6.45) is 1.13. The number of hydrogen-bond acceptors (Lipinski definition) is 3. The zero-order valence-corrected chi connectivity index (χ0v) is 10.4. The number of aromatic nitrogens is 1. The Hall–Kier alpha value is -1.58. The molecule has 4 nitrogen and oxygen atoms in total. The van der Waals surface area contributed by atoms with E-state index in [0.29, 0.717) is 29.3 Å². The van der Waals surface area contributed by atoms with Crippen LogP contribution in [0.15, 0.2) is 10.9 Å². The number of hydrogen-bond donors (Lipinski definition) is 1. The van der Waals surface area contributed by atoms with E-state index in [9.17, 15) is 9.59 Å². The third kappa shape index (κ3) is 2.40. The lowest BCUT2D eigenvalue weighted by atomic mass is 9.86. The molecule has 2 rings (SSSR count). The highest BCUT2D eigenvalue weighted by atomic mass is 16.5. The normalized spacial score (nSPS) is 19.1. The Labute approximate surface area is 100 Å². The summed E-state index contributed by atoms with van der Waals surface area (Å²) in [5.74, 6) is 0.622. The highest BCUT2D eigenvalue weighted by Crippen LogP contribution is 2.35. The minimum atomic E-state index is -0.242. The van der Waals surface area contributed by atoms with Gasteiger partial charge in [-0.1, -0.05) is 13.8 Å². The maximum absolute atomic E-state index is 11.9. The van der Waals surface area contributed by atoms with E-state index < -0.39 is 0 Å². The van der Waals surface area contributed by atoms with Gasteiger partial charge >= 0.3 is 5.97 Å². The number of nitrogens with one attached hydrogen (secondary N) is 1. The van der Waals surface area contributed by atoms with Gasteiger partial charge < -0.3 is 9.72 Å². The van der Waals surface area contributed by atoms with E-state index in [-0.39, 0.29) is 17.4 Å². The van der Waals surface area contributed by atoms with E-state index in [4.69, 9.17) is 4.74 Å². The number of carbonyl (C=O) groups excluding carboxylic acids is 1. The van der Waals surface area contributed by atoms with Crippen LogP contribution >= 0.6 is 0 Å². The smallest absolute Gasteiger partial charge is 0.311 e. The fraction of sp³-hybridized carbons (Fsp3) is 0.538. The lowest BCUT2D eigenvalue weighted by Gasteiger charge is -2.24. The first-order valence-electron chi connectivity index (χ1n) is 5.92. The van der Waals surface area contributed by atoms with Gasteiger partial charge in [0.1, 0.15) is 5.75 Å². The van der Waals surface area contributed by atoms with E-state index in [1.54, 1.807) is 13.0 Å². The summed E-state index contributed by atoms with van der Waals surface area (Å²) >= 11 is 0. The van der Waals surface area contributed by atoms with Crippen molar-refractivity contribution in [3.05, 3.63) is 27.7 Å². The van der Waals surface area contributed by atoms with Crippen molar-refractivity contribution >= 4 is 5.97 Å². The fourth-order valence-corrected chi connectivity index (χ4v) is 2.38. The van der Waals surface area contributed by atoms with Crippen LogP contribution < -0.4 is 10.3 Å². The molecule has 1 atom stereocenters. The van der Waals surface area contributed by atoms with Crippen LogP contribution in [-0.4, -0.2) is 11.0 Å². The number of aryl methyl sites for hydroxylation is 1. The summed E-state index contributed by atoms with van der Waals surface area (Å²) in [5.41, 5.74) is 1.22. The van der Waals surface area contributed by atoms with Gasteiger partial charge in [-0.3, -0.25) is 9.59 Å². The van der Waals surface area contributed by atoms with Crippen molar-refractivity contribution in [3.63, 3.8) is 0 Å². The highest BCUT2D eigenvalue weighted by molar-refractivity contribution is 5.76. The van der Waals surface area contributed by atoms with Gasteiger partial charge in [0.05, 0.1) is 12.0 Å². The molecule has 0 spiro atoms. The number of fused-ring (bicyclic) bond motifs is 1. The zero-order valence-electron chi connectivity index (χ0n) is 10.4. The quantitative estimate of drug-likeness (QED) is 0.799. The molecule has 92 valence electrons. The molecule has 1 aliphatic rings. The molecule has 0 fully saturated rings. The largest absolute Gasteiger partial charge is 0.426 e. The van der Waals surface area contributed by atoms with Crippen LogP contribution in [0.1, 0.15) is 43.9 Å². The molecule has 2 heterocycles. The monoisotopic (exact) mass is 235 g/mol. The molecule has 1 aliphatic heterocycles. The van der Waals surface area contributed by atoms with Gasteiger partial charge in [-0.2, -0.15) is 0 Å². The second-order valence-corrected chi connectivity index (χ2v) is 5.06.